The molecule has 1 aliphatic rings. The molecule has 14 heavy (non-hydrogen) atoms. The Kier molecular flexibility index (Phi) is 16.4. The molecule has 0 bridgehead atoms. The molecule has 2 N–H and O–H groups in total. The van der Waals surface area contributed by atoms with Gasteiger partial charge in [-0.25, -0.2) is 0 Å². The topological polar surface area (TPSA) is 26.0 Å². The number of hydrogen-bond acceptors (Lipinski definition) is 1. The number of allylic oxidation sites excluding steroid dienone is 6. The molecule has 1 nitrogen and oxygen atoms in total. The first-order valence-electron chi connectivity index (χ1n) is 5.51. The van der Waals surface area contributed by atoms with E-state index in [0.717, 1.165) is 12.8 Å². The Morgan fingerprint density at radius 1 is 1.07 bits per heavy atom. The van der Waals surface area contributed by atoms with Gasteiger partial charge in [-0.3, -0.25) is 0 Å². The van der Waals surface area contributed by atoms with Crippen molar-refractivity contribution in [3.8, 4) is 0 Å². The van der Waals surface area contributed by atoms with E-state index in [9.17, 15) is 0 Å². The molecule has 0 aromatic carbocycles. The summed E-state index contributed by atoms with van der Waals surface area (Å²) in [6, 6.07) is 0.384. The first kappa shape index (κ1) is 15.6. The van der Waals surface area contributed by atoms with Crippen LogP contribution in [0.4, 0.5) is 0 Å². The van der Waals surface area contributed by atoms with Gasteiger partial charge in [-0.1, -0.05) is 57.2 Å². The van der Waals surface area contributed by atoms with Gasteiger partial charge in [0, 0.05) is 6.04 Å². The van der Waals surface area contributed by atoms with E-state index in [-0.39, 0.29) is 0 Å². The Morgan fingerprint density at radius 2 is 1.43 bits per heavy atom. The highest BCUT2D eigenvalue weighted by Gasteiger charge is 1.79. The standard InChI is InChI=1S/C7H8.C4H11N.C2H6/c1-2-4-6-7-5-3-1;1-3-4(2)5;1-2/h1-6H,7H2;4H,3,5H2,1-2H3;1-2H3. The van der Waals surface area contributed by atoms with Gasteiger partial charge < -0.3 is 5.73 Å². The quantitative estimate of drug-likeness (QED) is 0.676. The number of nitrogens with two attached hydrogens (primary N) is 1. The van der Waals surface area contributed by atoms with Crippen molar-refractivity contribution in [2.75, 3.05) is 0 Å². The first-order chi connectivity index (χ1) is 6.77. The maximum atomic E-state index is 5.29. The average molecular weight is 195 g/mol. The lowest BCUT2D eigenvalue weighted by Gasteiger charge is -1.91. The lowest BCUT2D eigenvalue weighted by Crippen LogP contribution is -2.11. The van der Waals surface area contributed by atoms with Gasteiger partial charge >= 0.3 is 0 Å². The summed E-state index contributed by atoms with van der Waals surface area (Å²) in [6.07, 6.45) is 14.6. The average Bonchev–Trinajstić information content (AvgIpc) is 2.53. The van der Waals surface area contributed by atoms with Gasteiger partial charge in [-0.05, 0) is 19.8 Å². The summed E-state index contributed by atoms with van der Waals surface area (Å²) < 4.78 is 0. The van der Waals surface area contributed by atoms with Crippen molar-refractivity contribution < 1.29 is 0 Å². The molecular weight excluding hydrogens is 170 g/mol. The van der Waals surface area contributed by atoms with Crippen LogP contribution < -0.4 is 5.73 Å². The van der Waals surface area contributed by atoms with Crippen molar-refractivity contribution in [1.29, 1.82) is 0 Å². The molecule has 0 heterocycles. The van der Waals surface area contributed by atoms with Crippen LogP contribution >= 0.6 is 0 Å². The molecule has 0 fully saturated rings. The lowest BCUT2D eigenvalue weighted by atomic mass is 10.3. The summed E-state index contributed by atoms with van der Waals surface area (Å²) >= 11 is 0. The molecule has 0 saturated carbocycles. The largest absolute Gasteiger partial charge is 0.328 e. The van der Waals surface area contributed by atoms with E-state index in [1.807, 2.05) is 32.9 Å². The summed E-state index contributed by atoms with van der Waals surface area (Å²) in [4.78, 5) is 0. The fraction of sp³-hybridized carbons (Fsp3) is 0.538. The molecule has 1 rings (SSSR count). The third-order valence-corrected chi connectivity index (χ3v) is 1.52. The van der Waals surface area contributed by atoms with Gasteiger partial charge in [0.25, 0.3) is 0 Å². The molecule has 0 radical (unpaired) electrons. The minimum absolute atomic E-state index is 0.384. The zero-order chi connectivity index (χ0) is 11.2. The van der Waals surface area contributed by atoms with Crippen molar-refractivity contribution in [3.05, 3.63) is 36.5 Å². The van der Waals surface area contributed by atoms with E-state index in [0.29, 0.717) is 6.04 Å². The van der Waals surface area contributed by atoms with Crippen LogP contribution in [0.25, 0.3) is 0 Å². The molecule has 0 aromatic heterocycles. The van der Waals surface area contributed by atoms with E-state index in [1.54, 1.807) is 0 Å². The molecule has 0 aromatic rings. The summed E-state index contributed by atoms with van der Waals surface area (Å²) in [5, 5.41) is 0. The second-order valence-electron chi connectivity index (χ2n) is 2.86. The number of hydrogen-bond donors (Lipinski definition) is 1. The molecular formula is C13H25N. The van der Waals surface area contributed by atoms with Gasteiger partial charge in [0.2, 0.25) is 0 Å². The second kappa shape index (κ2) is 14.7. The summed E-state index contributed by atoms with van der Waals surface area (Å²) in [7, 11) is 0. The van der Waals surface area contributed by atoms with Gasteiger partial charge in [0.15, 0.2) is 0 Å². The normalized spacial score (nSPS) is 14.4. The van der Waals surface area contributed by atoms with Crippen LogP contribution in [0.3, 0.4) is 0 Å². The summed E-state index contributed by atoms with van der Waals surface area (Å²) in [5.74, 6) is 0. The Hall–Kier alpha value is -0.820. The summed E-state index contributed by atoms with van der Waals surface area (Å²) in [6.45, 7) is 8.07. The van der Waals surface area contributed by atoms with Gasteiger partial charge in [0.05, 0.1) is 0 Å². The van der Waals surface area contributed by atoms with Crippen LogP contribution in [-0.2, 0) is 0 Å². The van der Waals surface area contributed by atoms with E-state index in [4.69, 9.17) is 5.73 Å². The predicted molar refractivity (Wildman–Crippen MR) is 67.3 cm³/mol. The van der Waals surface area contributed by atoms with E-state index < -0.39 is 0 Å². The second-order valence-corrected chi connectivity index (χ2v) is 2.86. The molecule has 82 valence electrons. The predicted octanol–water partition coefficient (Wildman–Crippen LogP) is 3.83. The van der Waals surface area contributed by atoms with Crippen LogP contribution in [-0.4, -0.2) is 6.04 Å². The van der Waals surface area contributed by atoms with Gasteiger partial charge in [0.1, 0.15) is 0 Å². The molecule has 1 aliphatic carbocycles. The Balaban J connectivity index is 0. The Labute approximate surface area is 89.4 Å². The lowest BCUT2D eigenvalue weighted by molar-refractivity contribution is 0.715. The van der Waals surface area contributed by atoms with Crippen molar-refractivity contribution in [3.63, 3.8) is 0 Å². The summed E-state index contributed by atoms with van der Waals surface area (Å²) in [5.41, 5.74) is 5.29. The zero-order valence-electron chi connectivity index (χ0n) is 10.0. The van der Waals surface area contributed by atoms with Crippen LogP contribution in [0.15, 0.2) is 36.5 Å². The molecule has 0 aliphatic heterocycles. The fourth-order valence-electron chi connectivity index (χ4n) is 0.521. The molecule has 0 amide bonds. The SMILES string of the molecule is C1=CC=CCC=C1.CC.CCC(C)N. The van der Waals surface area contributed by atoms with Crippen LogP contribution in [0.1, 0.15) is 40.5 Å². The van der Waals surface area contributed by atoms with Crippen molar-refractivity contribution in [1.82, 2.24) is 0 Å². The van der Waals surface area contributed by atoms with Crippen molar-refractivity contribution in [2.24, 2.45) is 5.73 Å². The number of rotatable bonds is 1. The monoisotopic (exact) mass is 195 g/mol. The highest BCUT2D eigenvalue weighted by molar-refractivity contribution is 5.16. The maximum Gasteiger partial charge on any atom is 0.000781 e. The van der Waals surface area contributed by atoms with Crippen molar-refractivity contribution >= 4 is 0 Å². The van der Waals surface area contributed by atoms with Crippen LogP contribution in [0.2, 0.25) is 0 Å². The van der Waals surface area contributed by atoms with Crippen LogP contribution in [0, 0.1) is 0 Å². The maximum absolute atomic E-state index is 5.29. The third kappa shape index (κ3) is 17.3. The van der Waals surface area contributed by atoms with Gasteiger partial charge in [-0.15, -0.1) is 0 Å². The fourth-order valence-corrected chi connectivity index (χ4v) is 0.521. The smallest absolute Gasteiger partial charge is 0.000781 e. The molecule has 1 atom stereocenters. The molecule has 1 unspecified atom stereocenters. The Bertz CT molecular complexity index is 150. The minimum Gasteiger partial charge on any atom is -0.328 e. The molecule has 0 spiro atoms. The highest BCUT2D eigenvalue weighted by atomic mass is 14.6. The Morgan fingerprint density at radius 3 is 1.71 bits per heavy atom. The van der Waals surface area contributed by atoms with E-state index in [1.165, 1.54) is 0 Å². The molecule has 1 heteroatoms. The molecule has 0 saturated heterocycles. The zero-order valence-corrected chi connectivity index (χ0v) is 10.0. The minimum atomic E-state index is 0.384. The van der Waals surface area contributed by atoms with Crippen molar-refractivity contribution in [2.45, 2.75) is 46.6 Å². The highest BCUT2D eigenvalue weighted by Crippen LogP contribution is 1.91. The third-order valence-electron chi connectivity index (χ3n) is 1.52. The van der Waals surface area contributed by atoms with E-state index in [2.05, 4.69) is 31.2 Å². The first-order valence-corrected chi connectivity index (χ1v) is 5.51. The van der Waals surface area contributed by atoms with E-state index >= 15 is 0 Å². The van der Waals surface area contributed by atoms with Gasteiger partial charge in [-0.2, -0.15) is 0 Å². The van der Waals surface area contributed by atoms with Crippen LogP contribution in [0.5, 0.6) is 0 Å².